The first kappa shape index (κ1) is 42.4. The summed E-state index contributed by atoms with van der Waals surface area (Å²) in [5.41, 5.74) is 4.07. The molecule has 3 nitrogen and oxygen atoms in total. The minimum Gasteiger partial charge on any atom is -0.300 e. The summed E-state index contributed by atoms with van der Waals surface area (Å²) in [6.07, 6.45) is 20.2. The Morgan fingerprint density at radius 3 is 1.81 bits per heavy atom. The van der Waals surface area contributed by atoms with Crippen LogP contribution in [-0.2, 0) is 27.2 Å². The monoisotopic (exact) mass is 587 g/mol. The molecule has 2 atom stereocenters. The van der Waals surface area contributed by atoms with Crippen molar-refractivity contribution in [1.29, 1.82) is 0 Å². The number of aryl methyl sites for hydroxylation is 2. The molecule has 3 heteroatoms. The normalized spacial score (nSPS) is 14.1. The van der Waals surface area contributed by atoms with Crippen molar-refractivity contribution in [3.05, 3.63) is 34.9 Å². The summed E-state index contributed by atoms with van der Waals surface area (Å²) in [6.45, 7) is 20.2. The lowest BCUT2D eigenvalue weighted by molar-refractivity contribution is -0.122. The van der Waals surface area contributed by atoms with E-state index in [1.54, 1.807) is 20.8 Å². The molecule has 42 heavy (non-hydrogen) atoms. The van der Waals surface area contributed by atoms with Gasteiger partial charge < -0.3 is 4.79 Å². The smallest absolute Gasteiger partial charge is 0.133 e. The fraction of sp³-hybridized carbons (Fsp3) is 0.769. The van der Waals surface area contributed by atoms with Gasteiger partial charge in [-0.3, -0.25) is 9.59 Å². The Morgan fingerprint density at radius 1 is 0.762 bits per heavy atom. The minimum atomic E-state index is 0.206. The van der Waals surface area contributed by atoms with Gasteiger partial charge in [0.25, 0.3) is 0 Å². The molecule has 1 aliphatic carbocycles. The molecule has 2 rings (SSSR count). The van der Waals surface area contributed by atoms with Crippen molar-refractivity contribution in [2.45, 2.75) is 178 Å². The number of hydrogen-bond donors (Lipinski definition) is 0. The number of ketones is 3. The molecule has 244 valence electrons. The average Bonchev–Trinajstić information content (AvgIpc) is 2.96. The van der Waals surface area contributed by atoms with E-state index in [0.717, 1.165) is 44.9 Å². The van der Waals surface area contributed by atoms with Gasteiger partial charge in [-0.25, -0.2) is 0 Å². The molecule has 0 aliphatic heterocycles. The summed E-state index contributed by atoms with van der Waals surface area (Å²) in [7, 11) is 0. The van der Waals surface area contributed by atoms with Crippen molar-refractivity contribution >= 4 is 17.3 Å². The molecule has 1 aromatic carbocycles. The molecule has 0 aromatic heterocycles. The molecule has 1 saturated carbocycles. The Kier molecular flexibility index (Phi) is 28.3. The van der Waals surface area contributed by atoms with E-state index in [0.29, 0.717) is 29.2 Å². The van der Waals surface area contributed by atoms with E-state index in [4.69, 9.17) is 0 Å². The van der Waals surface area contributed by atoms with Crippen LogP contribution in [0.15, 0.2) is 18.2 Å². The maximum Gasteiger partial charge on any atom is 0.133 e. The van der Waals surface area contributed by atoms with Crippen LogP contribution in [0.1, 0.15) is 175 Å². The highest BCUT2D eigenvalue weighted by Gasteiger charge is 2.22. The maximum absolute atomic E-state index is 11.7. The minimum absolute atomic E-state index is 0.206. The molecule has 0 N–H and O–H groups in total. The lowest BCUT2D eigenvalue weighted by Crippen LogP contribution is -2.20. The molecule has 0 saturated heterocycles. The van der Waals surface area contributed by atoms with Crippen LogP contribution in [0.3, 0.4) is 0 Å². The van der Waals surface area contributed by atoms with Crippen LogP contribution in [0.5, 0.6) is 0 Å². The van der Waals surface area contributed by atoms with Gasteiger partial charge in [-0.1, -0.05) is 130 Å². The lowest BCUT2D eigenvalue weighted by Gasteiger charge is -2.25. The highest BCUT2D eigenvalue weighted by molar-refractivity contribution is 5.78. The Morgan fingerprint density at radius 2 is 1.33 bits per heavy atom. The molecule has 0 spiro atoms. The van der Waals surface area contributed by atoms with Gasteiger partial charge in [0.1, 0.15) is 17.3 Å². The van der Waals surface area contributed by atoms with E-state index in [1.807, 2.05) is 0 Å². The van der Waals surface area contributed by atoms with Crippen LogP contribution < -0.4 is 0 Å². The zero-order chi connectivity index (χ0) is 32.3. The predicted octanol–water partition coefficient (Wildman–Crippen LogP) is 11.6. The molecule has 1 aliphatic rings. The first-order valence-electron chi connectivity index (χ1n) is 17.6. The van der Waals surface area contributed by atoms with Crippen molar-refractivity contribution in [1.82, 2.24) is 0 Å². The lowest BCUT2D eigenvalue weighted by atomic mass is 9.79. The van der Waals surface area contributed by atoms with Gasteiger partial charge >= 0.3 is 0 Å². The first-order valence-corrected chi connectivity index (χ1v) is 17.6. The second-order valence-corrected chi connectivity index (χ2v) is 12.7. The van der Waals surface area contributed by atoms with E-state index < -0.39 is 0 Å². The Balaban J connectivity index is 0. The molecular weight excluding hydrogens is 516 g/mol. The third-order valence-electron chi connectivity index (χ3n) is 8.32. The number of rotatable bonds is 15. The molecule has 0 bridgehead atoms. The number of Topliss-reactive ketones (excluding diaryl/α,β-unsaturated/α-hetero) is 3. The molecule has 0 radical (unpaired) electrons. The van der Waals surface area contributed by atoms with Gasteiger partial charge in [0, 0.05) is 18.3 Å². The molecule has 1 unspecified atom stereocenters. The second kappa shape index (κ2) is 28.0. The number of hydrogen-bond acceptors (Lipinski definition) is 3. The zero-order valence-electron chi connectivity index (χ0n) is 29.7. The van der Waals surface area contributed by atoms with E-state index in [9.17, 15) is 14.4 Å². The van der Waals surface area contributed by atoms with Crippen LogP contribution in [0.25, 0.3) is 0 Å². The van der Waals surface area contributed by atoms with Gasteiger partial charge in [0.05, 0.1) is 0 Å². The van der Waals surface area contributed by atoms with Crippen molar-refractivity contribution in [2.75, 3.05) is 0 Å². The van der Waals surface area contributed by atoms with Gasteiger partial charge in [0.2, 0.25) is 0 Å². The van der Waals surface area contributed by atoms with Crippen LogP contribution in [0, 0.1) is 24.7 Å². The van der Waals surface area contributed by atoms with Crippen LogP contribution >= 0.6 is 0 Å². The number of unbranched alkanes of at least 4 members (excludes halogenated alkanes) is 5. The SMILES string of the molecule is CC(=O)[C@@H](C)C1CCCCC1.CCC.CCCCC(Cc1ccc(C)cc1CC)C(C)=O.CCCCCCCC(C)=O. The Hall–Kier alpha value is -1.77. The van der Waals surface area contributed by atoms with Gasteiger partial charge in [0.15, 0.2) is 0 Å². The summed E-state index contributed by atoms with van der Waals surface area (Å²) in [5, 5.41) is 0. The van der Waals surface area contributed by atoms with Crippen LogP contribution in [-0.4, -0.2) is 17.3 Å². The summed E-state index contributed by atoms with van der Waals surface area (Å²) in [4.78, 5) is 33.2. The van der Waals surface area contributed by atoms with Crippen molar-refractivity contribution < 1.29 is 14.4 Å². The predicted molar refractivity (Wildman–Crippen MR) is 184 cm³/mol. The van der Waals surface area contributed by atoms with Gasteiger partial charge in [-0.2, -0.15) is 0 Å². The largest absolute Gasteiger partial charge is 0.300 e. The third-order valence-corrected chi connectivity index (χ3v) is 8.32. The van der Waals surface area contributed by atoms with Gasteiger partial charge in [-0.05, 0) is 83.3 Å². The summed E-state index contributed by atoms with van der Waals surface area (Å²) in [5.74, 6) is 2.26. The van der Waals surface area contributed by atoms with Crippen molar-refractivity contribution in [3.63, 3.8) is 0 Å². The highest BCUT2D eigenvalue weighted by atomic mass is 16.1. The molecule has 0 amide bonds. The summed E-state index contributed by atoms with van der Waals surface area (Å²) >= 11 is 0. The summed E-state index contributed by atoms with van der Waals surface area (Å²) in [6, 6.07) is 6.62. The van der Waals surface area contributed by atoms with Gasteiger partial charge in [-0.15, -0.1) is 0 Å². The third kappa shape index (κ3) is 22.8. The van der Waals surface area contributed by atoms with E-state index in [1.165, 1.54) is 80.9 Å². The fourth-order valence-electron chi connectivity index (χ4n) is 5.39. The second-order valence-electron chi connectivity index (χ2n) is 12.7. The maximum atomic E-state index is 11.7. The number of benzene rings is 1. The zero-order valence-corrected chi connectivity index (χ0v) is 29.7. The van der Waals surface area contributed by atoms with E-state index >= 15 is 0 Å². The van der Waals surface area contributed by atoms with Crippen molar-refractivity contribution in [3.8, 4) is 0 Å². The molecule has 1 fully saturated rings. The fourth-order valence-corrected chi connectivity index (χ4v) is 5.39. The van der Waals surface area contributed by atoms with Crippen LogP contribution in [0.4, 0.5) is 0 Å². The first-order chi connectivity index (χ1) is 20.0. The van der Waals surface area contributed by atoms with Crippen molar-refractivity contribution in [2.24, 2.45) is 17.8 Å². The number of carbonyl (C=O) groups excluding carboxylic acids is 3. The topological polar surface area (TPSA) is 51.2 Å². The molecule has 1 aromatic rings. The Bertz CT molecular complexity index is 819. The van der Waals surface area contributed by atoms with Crippen LogP contribution in [0.2, 0.25) is 0 Å². The standard InChI is InChI=1S/C17H26O.C10H18O.C9H18O.C3H8/c1-5-7-8-16(14(4)18)12-17-10-9-13(3)11-15(17)6-2;1-8(9(2)11)10-6-4-3-5-7-10;1-3-4-5-6-7-8-9(2)10;1-3-2/h9-11,16H,5-8,12H2,1-4H3;8,10H,3-7H2,1-2H3;3-8H2,1-2H3;3H2,1-2H3/t;8-;;/m.1../s1. The van der Waals surface area contributed by atoms with E-state index in [2.05, 4.69) is 66.7 Å². The average molecular weight is 587 g/mol. The molecule has 0 heterocycles. The Labute approximate surface area is 262 Å². The highest BCUT2D eigenvalue weighted by Crippen LogP contribution is 2.30. The summed E-state index contributed by atoms with van der Waals surface area (Å²) < 4.78 is 0. The number of carbonyl (C=O) groups is 3. The van der Waals surface area contributed by atoms with E-state index in [-0.39, 0.29) is 5.92 Å². The molecular formula is C39H70O3. The quantitative estimate of drug-likeness (QED) is 0.192.